The highest BCUT2D eigenvalue weighted by Gasteiger charge is 2.16. The Balaban J connectivity index is 2.15. The quantitative estimate of drug-likeness (QED) is 0.694. The van der Waals surface area contributed by atoms with Gasteiger partial charge in [0.15, 0.2) is 6.29 Å². The van der Waals surface area contributed by atoms with E-state index in [1.807, 2.05) is 0 Å². The molecule has 0 amide bonds. The van der Waals surface area contributed by atoms with Crippen LogP contribution in [0.2, 0.25) is 0 Å². The summed E-state index contributed by atoms with van der Waals surface area (Å²) in [7, 11) is 0. The minimum atomic E-state index is -0.794. The van der Waals surface area contributed by atoms with Crippen LogP contribution in [0.5, 0.6) is 0 Å². The van der Waals surface area contributed by atoms with E-state index in [0.717, 1.165) is 12.1 Å². The topological polar surface area (TPSA) is 60.7 Å². The Bertz CT molecular complexity index is 802. The van der Waals surface area contributed by atoms with Crippen molar-refractivity contribution in [1.29, 1.82) is 0 Å². The Labute approximate surface area is 117 Å². The molecule has 0 N–H and O–H groups in total. The smallest absolute Gasteiger partial charge is 0.250 e. The van der Waals surface area contributed by atoms with E-state index in [1.165, 1.54) is 29.3 Å². The second-order valence-corrected chi connectivity index (χ2v) is 4.17. The fourth-order valence-corrected chi connectivity index (χ4v) is 1.88. The summed E-state index contributed by atoms with van der Waals surface area (Å²) in [6.45, 7) is 0. The van der Waals surface area contributed by atoms with Gasteiger partial charge in [-0.25, -0.2) is 23.4 Å². The molecule has 0 aliphatic carbocycles. The molecule has 0 radical (unpaired) electrons. The van der Waals surface area contributed by atoms with Gasteiger partial charge in [-0.1, -0.05) is 0 Å². The number of carbonyl (C=O) groups is 1. The number of carbonyl (C=O) groups excluding carboxylic acids is 1. The third-order valence-corrected chi connectivity index (χ3v) is 2.81. The molecule has 21 heavy (non-hydrogen) atoms. The average molecular weight is 286 g/mol. The Morgan fingerprint density at radius 3 is 2.57 bits per heavy atom. The van der Waals surface area contributed by atoms with Crippen molar-refractivity contribution in [3.63, 3.8) is 0 Å². The second-order valence-electron chi connectivity index (χ2n) is 4.17. The molecule has 3 aromatic rings. The third kappa shape index (κ3) is 2.40. The van der Waals surface area contributed by atoms with E-state index in [4.69, 9.17) is 0 Å². The molecule has 104 valence electrons. The second kappa shape index (κ2) is 5.20. The van der Waals surface area contributed by atoms with Crippen LogP contribution >= 0.6 is 0 Å². The minimum Gasteiger partial charge on any atom is -0.298 e. The standard InChI is InChI=1S/C14H8F2N4O/c15-10-2-3-11(12(16)6-10)13-9(8-21)7-20(19-13)14-17-4-1-5-18-14/h1-8H. The Morgan fingerprint density at radius 2 is 1.90 bits per heavy atom. The van der Waals surface area contributed by atoms with Gasteiger partial charge < -0.3 is 0 Å². The molecule has 0 aliphatic rings. The zero-order chi connectivity index (χ0) is 14.8. The monoisotopic (exact) mass is 286 g/mol. The number of nitrogens with zero attached hydrogens (tertiary/aromatic N) is 4. The van der Waals surface area contributed by atoms with Crippen LogP contribution in [0.15, 0.2) is 42.9 Å². The van der Waals surface area contributed by atoms with Crippen molar-refractivity contribution >= 4 is 6.29 Å². The molecule has 2 heterocycles. The maximum absolute atomic E-state index is 13.8. The molecule has 0 atom stereocenters. The fraction of sp³-hybridized carbons (Fsp3) is 0. The highest BCUT2D eigenvalue weighted by Crippen LogP contribution is 2.25. The van der Waals surface area contributed by atoms with Crippen molar-refractivity contribution in [2.45, 2.75) is 0 Å². The van der Waals surface area contributed by atoms with Crippen molar-refractivity contribution in [3.05, 3.63) is 60.1 Å². The van der Waals surface area contributed by atoms with E-state index in [0.29, 0.717) is 6.29 Å². The van der Waals surface area contributed by atoms with E-state index in [2.05, 4.69) is 15.1 Å². The Hall–Kier alpha value is -2.96. The lowest BCUT2D eigenvalue weighted by atomic mass is 10.1. The normalized spacial score (nSPS) is 10.6. The van der Waals surface area contributed by atoms with Gasteiger partial charge in [0.25, 0.3) is 0 Å². The van der Waals surface area contributed by atoms with Crippen LogP contribution in [0.3, 0.4) is 0 Å². The number of halogens is 2. The van der Waals surface area contributed by atoms with E-state index in [-0.39, 0.29) is 22.8 Å². The van der Waals surface area contributed by atoms with Crippen LogP contribution < -0.4 is 0 Å². The van der Waals surface area contributed by atoms with Gasteiger partial charge in [0.1, 0.15) is 17.3 Å². The molecule has 2 aromatic heterocycles. The molecule has 0 fully saturated rings. The lowest BCUT2D eigenvalue weighted by Crippen LogP contribution is -2.00. The first kappa shape index (κ1) is 13.0. The van der Waals surface area contributed by atoms with E-state index >= 15 is 0 Å². The SMILES string of the molecule is O=Cc1cn(-c2ncccn2)nc1-c1ccc(F)cc1F. The van der Waals surface area contributed by atoms with Crippen LogP contribution in [0.1, 0.15) is 10.4 Å². The summed E-state index contributed by atoms with van der Waals surface area (Å²) in [6.07, 6.45) is 4.97. The molecule has 1 aromatic carbocycles. The maximum Gasteiger partial charge on any atom is 0.250 e. The number of hydrogen-bond donors (Lipinski definition) is 0. The summed E-state index contributed by atoms with van der Waals surface area (Å²) in [6, 6.07) is 4.71. The van der Waals surface area contributed by atoms with Crippen LogP contribution in [0.4, 0.5) is 8.78 Å². The van der Waals surface area contributed by atoms with Crippen molar-refractivity contribution in [2.75, 3.05) is 0 Å². The van der Waals surface area contributed by atoms with Crippen LogP contribution in [0, 0.1) is 11.6 Å². The first-order valence-corrected chi connectivity index (χ1v) is 5.96. The zero-order valence-electron chi connectivity index (χ0n) is 10.6. The molecular weight excluding hydrogens is 278 g/mol. The number of benzene rings is 1. The third-order valence-electron chi connectivity index (χ3n) is 2.81. The van der Waals surface area contributed by atoms with E-state index in [1.54, 1.807) is 6.07 Å². The summed E-state index contributed by atoms with van der Waals surface area (Å²) < 4.78 is 28.1. The summed E-state index contributed by atoms with van der Waals surface area (Å²) in [5.74, 6) is -1.25. The summed E-state index contributed by atoms with van der Waals surface area (Å²) in [5.41, 5.74) is 0.302. The molecule has 0 bridgehead atoms. The van der Waals surface area contributed by atoms with Gasteiger partial charge in [-0.2, -0.15) is 5.10 Å². The molecule has 0 spiro atoms. The minimum absolute atomic E-state index is 0.0354. The van der Waals surface area contributed by atoms with Crippen molar-refractivity contribution in [2.24, 2.45) is 0 Å². The number of aldehydes is 1. The Morgan fingerprint density at radius 1 is 1.14 bits per heavy atom. The van der Waals surface area contributed by atoms with Gasteiger partial charge in [-0.05, 0) is 18.2 Å². The lowest BCUT2D eigenvalue weighted by Gasteiger charge is -2.00. The first-order chi connectivity index (χ1) is 10.2. The van der Waals surface area contributed by atoms with E-state index < -0.39 is 11.6 Å². The van der Waals surface area contributed by atoms with Gasteiger partial charge >= 0.3 is 0 Å². The molecule has 0 aliphatic heterocycles. The van der Waals surface area contributed by atoms with Gasteiger partial charge in [-0.3, -0.25) is 4.79 Å². The van der Waals surface area contributed by atoms with E-state index in [9.17, 15) is 13.6 Å². The molecule has 0 unspecified atom stereocenters. The highest BCUT2D eigenvalue weighted by molar-refractivity contribution is 5.85. The predicted octanol–water partition coefficient (Wildman–Crippen LogP) is 2.42. The van der Waals surface area contributed by atoms with Gasteiger partial charge in [0.2, 0.25) is 5.95 Å². The molecule has 7 heteroatoms. The predicted molar refractivity (Wildman–Crippen MR) is 69.9 cm³/mol. The summed E-state index contributed by atoms with van der Waals surface area (Å²) in [5, 5.41) is 4.11. The maximum atomic E-state index is 13.8. The molecule has 3 rings (SSSR count). The van der Waals surface area contributed by atoms with Crippen molar-refractivity contribution in [3.8, 4) is 17.2 Å². The fourth-order valence-electron chi connectivity index (χ4n) is 1.88. The zero-order valence-corrected chi connectivity index (χ0v) is 10.6. The van der Waals surface area contributed by atoms with Gasteiger partial charge in [-0.15, -0.1) is 0 Å². The number of aromatic nitrogens is 4. The number of hydrogen-bond acceptors (Lipinski definition) is 4. The van der Waals surface area contributed by atoms with Gasteiger partial charge in [0, 0.05) is 30.2 Å². The lowest BCUT2D eigenvalue weighted by molar-refractivity contribution is 0.112. The molecule has 0 saturated carbocycles. The summed E-state index contributed by atoms with van der Waals surface area (Å²) in [4.78, 5) is 19.1. The van der Waals surface area contributed by atoms with Crippen molar-refractivity contribution < 1.29 is 13.6 Å². The number of rotatable bonds is 3. The largest absolute Gasteiger partial charge is 0.298 e. The Kier molecular flexibility index (Phi) is 3.23. The van der Waals surface area contributed by atoms with Gasteiger partial charge in [0.05, 0.1) is 5.56 Å². The average Bonchev–Trinajstić information content (AvgIpc) is 2.92. The van der Waals surface area contributed by atoms with Crippen LogP contribution in [0.25, 0.3) is 17.2 Å². The molecule has 5 nitrogen and oxygen atoms in total. The van der Waals surface area contributed by atoms with Crippen molar-refractivity contribution in [1.82, 2.24) is 19.7 Å². The highest BCUT2D eigenvalue weighted by atomic mass is 19.1. The molecule has 0 saturated heterocycles. The van der Waals surface area contributed by atoms with Crippen LogP contribution in [-0.2, 0) is 0 Å². The molecular formula is C14H8F2N4O. The summed E-state index contributed by atoms with van der Waals surface area (Å²) >= 11 is 0. The van der Waals surface area contributed by atoms with Crippen LogP contribution in [-0.4, -0.2) is 26.0 Å². The first-order valence-electron chi connectivity index (χ1n) is 5.96.